The first-order valence-electron chi connectivity index (χ1n) is 7.16. The average molecular weight is 282 g/mol. The van der Waals surface area contributed by atoms with Crippen molar-refractivity contribution in [2.24, 2.45) is 0 Å². The second kappa shape index (κ2) is 8.21. The molecular formula is C16H24ClNO. The molecule has 1 amide bonds. The van der Waals surface area contributed by atoms with Gasteiger partial charge < -0.3 is 4.90 Å². The number of carbonyl (C=O) groups is 1. The predicted octanol–water partition coefficient (Wildman–Crippen LogP) is 4.77. The van der Waals surface area contributed by atoms with Crippen molar-refractivity contribution in [2.45, 2.75) is 52.5 Å². The molecule has 1 atom stereocenters. The Morgan fingerprint density at radius 2 is 1.84 bits per heavy atom. The van der Waals surface area contributed by atoms with Crippen molar-refractivity contribution in [3.63, 3.8) is 0 Å². The number of halogens is 1. The fourth-order valence-electron chi connectivity index (χ4n) is 2.26. The maximum atomic E-state index is 12.4. The van der Waals surface area contributed by atoms with Crippen molar-refractivity contribution in [3.05, 3.63) is 34.9 Å². The Morgan fingerprint density at radius 1 is 1.21 bits per heavy atom. The molecule has 19 heavy (non-hydrogen) atoms. The zero-order valence-corrected chi connectivity index (χ0v) is 12.9. The first kappa shape index (κ1) is 16.0. The van der Waals surface area contributed by atoms with E-state index in [1.54, 1.807) is 24.3 Å². The van der Waals surface area contributed by atoms with Gasteiger partial charge in [0.1, 0.15) is 0 Å². The second-order valence-corrected chi connectivity index (χ2v) is 5.38. The molecule has 0 saturated carbocycles. The van der Waals surface area contributed by atoms with Crippen molar-refractivity contribution in [1.29, 1.82) is 0 Å². The molecule has 0 aromatic heterocycles. The van der Waals surface area contributed by atoms with E-state index in [2.05, 4.69) is 13.8 Å². The fraction of sp³-hybridized carbons (Fsp3) is 0.562. The van der Waals surface area contributed by atoms with E-state index in [9.17, 15) is 4.79 Å². The molecule has 0 saturated heterocycles. The summed E-state index contributed by atoms with van der Waals surface area (Å²) in [6.45, 7) is 7.10. The van der Waals surface area contributed by atoms with Crippen LogP contribution in [0.2, 0.25) is 5.02 Å². The highest BCUT2D eigenvalue weighted by Crippen LogP contribution is 2.15. The monoisotopic (exact) mass is 281 g/mol. The van der Waals surface area contributed by atoms with Crippen LogP contribution in [0.5, 0.6) is 0 Å². The highest BCUT2D eigenvalue weighted by atomic mass is 35.5. The Kier molecular flexibility index (Phi) is 6.93. The van der Waals surface area contributed by atoms with Gasteiger partial charge in [0.15, 0.2) is 0 Å². The zero-order chi connectivity index (χ0) is 14.3. The minimum Gasteiger partial charge on any atom is -0.336 e. The molecular weight excluding hydrogens is 258 g/mol. The van der Waals surface area contributed by atoms with Gasteiger partial charge in [-0.2, -0.15) is 0 Å². The van der Waals surface area contributed by atoms with Gasteiger partial charge in [-0.1, -0.05) is 37.8 Å². The van der Waals surface area contributed by atoms with Crippen molar-refractivity contribution < 1.29 is 4.79 Å². The van der Waals surface area contributed by atoms with Gasteiger partial charge >= 0.3 is 0 Å². The van der Waals surface area contributed by atoms with Gasteiger partial charge in [0.05, 0.1) is 0 Å². The number of rotatable bonds is 7. The largest absolute Gasteiger partial charge is 0.336 e. The van der Waals surface area contributed by atoms with E-state index >= 15 is 0 Å². The second-order valence-electron chi connectivity index (χ2n) is 4.94. The van der Waals surface area contributed by atoms with Crippen LogP contribution >= 0.6 is 11.6 Å². The normalized spacial score (nSPS) is 12.2. The van der Waals surface area contributed by atoms with E-state index in [4.69, 9.17) is 11.6 Å². The molecule has 0 aliphatic heterocycles. The summed E-state index contributed by atoms with van der Waals surface area (Å²) >= 11 is 5.85. The molecule has 0 radical (unpaired) electrons. The molecule has 0 N–H and O–H groups in total. The van der Waals surface area contributed by atoms with Crippen LogP contribution in [0.25, 0.3) is 0 Å². The number of unbranched alkanes of at least 4 members (excludes halogenated alkanes) is 2. The van der Waals surface area contributed by atoms with Gasteiger partial charge in [-0.05, 0) is 44.5 Å². The molecule has 1 aromatic rings. The van der Waals surface area contributed by atoms with Gasteiger partial charge in [-0.15, -0.1) is 0 Å². The maximum absolute atomic E-state index is 12.4. The minimum absolute atomic E-state index is 0.100. The first-order chi connectivity index (χ1) is 9.10. The molecule has 0 aliphatic carbocycles. The molecule has 0 heterocycles. The highest BCUT2D eigenvalue weighted by Gasteiger charge is 2.19. The summed E-state index contributed by atoms with van der Waals surface area (Å²) in [7, 11) is 0. The van der Waals surface area contributed by atoms with Crippen LogP contribution in [0.15, 0.2) is 24.3 Å². The Balaban J connectivity index is 2.67. The summed E-state index contributed by atoms with van der Waals surface area (Å²) in [6.07, 6.45) is 4.70. The van der Waals surface area contributed by atoms with E-state index in [1.807, 2.05) is 11.8 Å². The molecule has 0 bridgehead atoms. The SMILES string of the molecule is CCCCCC(C)N(CC)C(=O)c1ccc(Cl)cc1. The van der Waals surface area contributed by atoms with Crippen LogP contribution in [-0.2, 0) is 0 Å². The van der Waals surface area contributed by atoms with Gasteiger partial charge in [-0.3, -0.25) is 4.79 Å². The van der Waals surface area contributed by atoms with Crippen molar-refractivity contribution in [2.75, 3.05) is 6.54 Å². The number of hydrogen-bond donors (Lipinski definition) is 0. The van der Waals surface area contributed by atoms with Crippen LogP contribution < -0.4 is 0 Å². The minimum atomic E-state index is 0.100. The Hall–Kier alpha value is -1.02. The van der Waals surface area contributed by atoms with E-state index in [0.717, 1.165) is 13.0 Å². The summed E-state index contributed by atoms with van der Waals surface area (Å²) in [4.78, 5) is 14.4. The molecule has 0 fully saturated rings. The van der Waals surface area contributed by atoms with E-state index in [0.29, 0.717) is 16.6 Å². The summed E-state index contributed by atoms with van der Waals surface area (Å²) in [5.74, 6) is 0.100. The zero-order valence-electron chi connectivity index (χ0n) is 12.2. The number of nitrogens with zero attached hydrogens (tertiary/aromatic N) is 1. The van der Waals surface area contributed by atoms with Gasteiger partial charge in [-0.25, -0.2) is 0 Å². The lowest BCUT2D eigenvalue weighted by Crippen LogP contribution is -2.38. The third-order valence-corrected chi connectivity index (χ3v) is 3.70. The Labute approximate surface area is 121 Å². The quantitative estimate of drug-likeness (QED) is 0.659. The van der Waals surface area contributed by atoms with Gasteiger partial charge in [0, 0.05) is 23.2 Å². The van der Waals surface area contributed by atoms with Gasteiger partial charge in [0.25, 0.3) is 5.91 Å². The maximum Gasteiger partial charge on any atom is 0.254 e. The molecule has 1 aromatic carbocycles. The number of hydrogen-bond acceptors (Lipinski definition) is 1. The summed E-state index contributed by atoms with van der Waals surface area (Å²) in [6, 6.07) is 7.42. The molecule has 3 heteroatoms. The molecule has 2 nitrogen and oxygen atoms in total. The van der Waals surface area contributed by atoms with Crippen LogP contribution in [0.3, 0.4) is 0 Å². The number of benzene rings is 1. The third kappa shape index (κ3) is 4.87. The molecule has 106 valence electrons. The summed E-state index contributed by atoms with van der Waals surface area (Å²) in [5.41, 5.74) is 0.716. The predicted molar refractivity (Wildman–Crippen MR) is 81.8 cm³/mol. The van der Waals surface area contributed by atoms with Crippen LogP contribution in [0.4, 0.5) is 0 Å². The first-order valence-corrected chi connectivity index (χ1v) is 7.54. The number of amides is 1. The van der Waals surface area contributed by atoms with E-state index in [-0.39, 0.29) is 5.91 Å². The van der Waals surface area contributed by atoms with Crippen molar-refractivity contribution in [1.82, 2.24) is 4.90 Å². The fourth-order valence-corrected chi connectivity index (χ4v) is 2.39. The van der Waals surface area contributed by atoms with Crippen LogP contribution in [0, 0.1) is 0 Å². The number of carbonyl (C=O) groups excluding carboxylic acids is 1. The molecule has 0 aliphatic rings. The van der Waals surface area contributed by atoms with Crippen LogP contribution in [0.1, 0.15) is 56.8 Å². The third-order valence-electron chi connectivity index (χ3n) is 3.45. The Bertz CT molecular complexity index is 388. The molecule has 0 spiro atoms. The molecule has 1 rings (SSSR count). The lowest BCUT2D eigenvalue weighted by atomic mass is 10.1. The topological polar surface area (TPSA) is 20.3 Å². The highest BCUT2D eigenvalue weighted by molar-refractivity contribution is 6.30. The van der Waals surface area contributed by atoms with Crippen molar-refractivity contribution >= 4 is 17.5 Å². The van der Waals surface area contributed by atoms with E-state index in [1.165, 1.54) is 19.3 Å². The molecule has 1 unspecified atom stereocenters. The van der Waals surface area contributed by atoms with Crippen molar-refractivity contribution in [3.8, 4) is 0 Å². The summed E-state index contributed by atoms with van der Waals surface area (Å²) < 4.78 is 0. The lowest BCUT2D eigenvalue weighted by molar-refractivity contribution is 0.0694. The smallest absolute Gasteiger partial charge is 0.254 e. The summed E-state index contributed by atoms with van der Waals surface area (Å²) in [5, 5.41) is 0.663. The van der Waals surface area contributed by atoms with Gasteiger partial charge in [0.2, 0.25) is 0 Å². The average Bonchev–Trinajstić information content (AvgIpc) is 2.40. The standard InChI is InChI=1S/C16H24ClNO/c1-4-6-7-8-13(3)18(5-2)16(19)14-9-11-15(17)12-10-14/h9-13H,4-8H2,1-3H3. The van der Waals surface area contributed by atoms with Crippen LogP contribution in [-0.4, -0.2) is 23.4 Å². The van der Waals surface area contributed by atoms with E-state index < -0.39 is 0 Å². The Morgan fingerprint density at radius 3 is 2.37 bits per heavy atom. The lowest BCUT2D eigenvalue weighted by Gasteiger charge is -2.28.